The summed E-state index contributed by atoms with van der Waals surface area (Å²) < 4.78 is 5.10. The average molecular weight is 246 g/mol. The van der Waals surface area contributed by atoms with E-state index in [0.717, 1.165) is 0 Å². The maximum absolute atomic E-state index is 9.93. The topological polar surface area (TPSA) is 61.7 Å². The molecule has 0 aliphatic rings. The Labute approximate surface area is 99.8 Å². The molecule has 90 valence electrons. The van der Waals surface area contributed by atoms with Crippen LogP contribution in [0.1, 0.15) is 11.7 Å². The Morgan fingerprint density at radius 2 is 2.12 bits per heavy atom. The third kappa shape index (κ3) is 3.09. The molecule has 0 fully saturated rings. The number of hydrogen-bond acceptors (Lipinski definition) is 4. The molecule has 2 unspecified atom stereocenters. The largest absolute Gasteiger partial charge is 0.496 e. The minimum atomic E-state index is -1.03. The second-order valence-electron chi connectivity index (χ2n) is 3.46. The summed E-state index contributed by atoms with van der Waals surface area (Å²) in [7, 11) is 3.20. The first-order valence-electron chi connectivity index (χ1n) is 4.94. The molecule has 0 aliphatic carbocycles. The Morgan fingerprint density at radius 1 is 1.44 bits per heavy atom. The van der Waals surface area contributed by atoms with Crippen LogP contribution in [-0.2, 0) is 0 Å². The molecule has 0 aromatic heterocycles. The van der Waals surface area contributed by atoms with Crippen molar-refractivity contribution >= 4 is 11.6 Å². The third-order valence-electron chi connectivity index (χ3n) is 2.29. The van der Waals surface area contributed by atoms with Gasteiger partial charge < -0.3 is 20.3 Å². The molecule has 0 aliphatic heterocycles. The quantitative estimate of drug-likeness (QED) is 0.723. The number of halogens is 1. The fourth-order valence-electron chi connectivity index (χ4n) is 1.46. The molecule has 0 radical (unpaired) electrons. The van der Waals surface area contributed by atoms with Crippen molar-refractivity contribution in [3.63, 3.8) is 0 Å². The van der Waals surface area contributed by atoms with Gasteiger partial charge in [0.05, 0.1) is 13.2 Å². The smallest absolute Gasteiger partial charge is 0.124 e. The van der Waals surface area contributed by atoms with Crippen LogP contribution in [0.5, 0.6) is 5.75 Å². The number of rotatable bonds is 5. The Kier molecular flexibility index (Phi) is 5.02. The molecular weight excluding hydrogens is 230 g/mol. The van der Waals surface area contributed by atoms with Gasteiger partial charge in [0.25, 0.3) is 0 Å². The summed E-state index contributed by atoms with van der Waals surface area (Å²) in [6, 6.07) is 4.91. The molecule has 1 rings (SSSR count). The lowest BCUT2D eigenvalue weighted by Gasteiger charge is -2.20. The van der Waals surface area contributed by atoms with Gasteiger partial charge in [0.1, 0.15) is 11.9 Å². The van der Waals surface area contributed by atoms with Gasteiger partial charge in [-0.2, -0.15) is 0 Å². The summed E-state index contributed by atoms with van der Waals surface area (Å²) in [5, 5.41) is 22.9. The highest BCUT2D eigenvalue weighted by molar-refractivity contribution is 6.30. The van der Waals surface area contributed by atoms with Gasteiger partial charge in [-0.25, -0.2) is 0 Å². The van der Waals surface area contributed by atoms with E-state index in [-0.39, 0.29) is 6.54 Å². The molecule has 0 spiro atoms. The molecule has 1 aromatic rings. The Balaban J connectivity index is 2.96. The van der Waals surface area contributed by atoms with Crippen LogP contribution in [0.15, 0.2) is 18.2 Å². The van der Waals surface area contributed by atoms with Crippen LogP contribution in [0, 0.1) is 0 Å². The molecular formula is C11H16ClNO3. The number of likely N-dealkylation sites (N-methyl/N-ethyl adjacent to an activating group) is 1. The third-order valence-corrected chi connectivity index (χ3v) is 2.52. The zero-order chi connectivity index (χ0) is 12.1. The van der Waals surface area contributed by atoms with Crippen LogP contribution in [0.4, 0.5) is 0 Å². The number of methoxy groups -OCH3 is 1. The summed E-state index contributed by atoms with van der Waals surface area (Å²) in [6.45, 7) is 0.289. The average Bonchev–Trinajstić information content (AvgIpc) is 2.28. The van der Waals surface area contributed by atoms with Gasteiger partial charge in [-0.05, 0) is 25.2 Å². The summed E-state index contributed by atoms with van der Waals surface area (Å²) >= 11 is 5.84. The van der Waals surface area contributed by atoms with Gasteiger partial charge in [-0.3, -0.25) is 0 Å². The molecule has 4 nitrogen and oxygen atoms in total. The van der Waals surface area contributed by atoms with Crippen LogP contribution in [-0.4, -0.2) is 37.0 Å². The van der Waals surface area contributed by atoms with E-state index >= 15 is 0 Å². The first-order chi connectivity index (χ1) is 7.60. The van der Waals surface area contributed by atoms with Crippen LogP contribution in [0.3, 0.4) is 0 Å². The molecule has 3 N–H and O–H groups in total. The second-order valence-corrected chi connectivity index (χ2v) is 3.89. The zero-order valence-corrected chi connectivity index (χ0v) is 10.0. The minimum Gasteiger partial charge on any atom is -0.496 e. The first kappa shape index (κ1) is 13.3. The Morgan fingerprint density at radius 3 is 2.69 bits per heavy atom. The Hall–Kier alpha value is -0.810. The maximum atomic E-state index is 9.93. The highest BCUT2D eigenvalue weighted by atomic mass is 35.5. The van der Waals surface area contributed by atoms with E-state index in [1.54, 1.807) is 25.2 Å². The molecule has 0 bridgehead atoms. The number of ether oxygens (including phenoxy) is 1. The van der Waals surface area contributed by atoms with E-state index in [1.165, 1.54) is 7.11 Å². The number of hydrogen-bond donors (Lipinski definition) is 3. The van der Waals surface area contributed by atoms with Crippen molar-refractivity contribution in [1.82, 2.24) is 5.32 Å². The molecule has 16 heavy (non-hydrogen) atoms. The molecule has 1 aromatic carbocycles. The van der Waals surface area contributed by atoms with Crippen LogP contribution < -0.4 is 10.1 Å². The number of aliphatic hydroxyl groups is 2. The highest BCUT2D eigenvalue weighted by Gasteiger charge is 2.21. The summed E-state index contributed by atoms with van der Waals surface area (Å²) in [5.74, 6) is 0.507. The summed E-state index contributed by atoms with van der Waals surface area (Å²) in [4.78, 5) is 0. The molecule has 5 heteroatoms. The lowest BCUT2D eigenvalue weighted by Crippen LogP contribution is -2.29. The van der Waals surface area contributed by atoms with E-state index in [1.807, 2.05) is 0 Å². The number of nitrogens with one attached hydrogen (secondary N) is 1. The van der Waals surface area contributed by atoms with E-state index in [4.69, 9.17) is 16.3 Å². The predicted octanol–water partition coefficient (Wildman–Crippen LogP) is 0.962. The van der Waals surface area contributed by atoms with Crippen LogP contribution >= 0.6 is 11.6 Å². The van der Waals surface area contributed by atoms with E-state index in [0.29, 0.717) is 16.3 Å². The fraction of sp³-hybridized carbons (Fsp3) is 0.455. The van der Waals surface area contributed by atoms with Gasteiger partial charge >= 0.3 is 0 Å². The maximum Gasteiger partial charge on any atom is 0.124 e. The SMILES string of the molecule is CNCC(O)C(O)c1cc(Cl)ccc1OC. The normalized spacial score (nSPS) is 14.6. The second kappa shape index (κ2) is 6.06. The van der Waals surface area contributed by atoms with Crippen molar-refractivity contribution in [2.45, 2.75) is 12.2 Å². The predicted molar refractivity (Wildman–Crippen MR) is 62.9 cm³/mol. The van der Waals surface area contributed by atoms with Gasteiger partial charge in [-0.1, -0.05) is 11.6 Å². The van der Waals surface area contributed by atoms with Gasteiger partial charge in [0.15, 0.2) is 0 Å². The Bertz CT molecular complexity index is 346. The monoisotopic (exact) mass is 245 g/mol. The standard InChI is InChI=1S/C11H16ClNO3/c1-13-6-9(14)11(15)8-5-7(12)3-4-10(8)16-2/h3-5,9,11,13-15H,6H2,1-2H3. The fourth-order valence-corrected chi connectivity index (χ4v) is 1.64. The molecule has 0 saturated carbocycles. The van der Waals surface area contributed by atoms with Crippen molar-refractivity contribution in [2.24, 2.45) is 0 Å². The molecule has 0 heterocycles. The molecule has 0 amide bonds. The van der Waals surface area contributed by atoms with E-state index < -0.39 is 12.2 Å². The van der Waals surface area contributed by atoms with Gasteiger partial charge in [-0.15, -0.1) is 0 Å². The van der Waals surface area contributed by atoms with Gasteiger partial charge in [0.2, 0.25) is 0 Å². The van der Waals surface area contributed by atoms with Crippen molar-refractivity contribution in [1.29, 1.82) is 0 Å². The summed E-state index contributed by atoms with van der Waals surface area (Å²) in [5.41, 5.74) is 0.484. The van der Waals surface area contributed by atoms with Crippen LogP contribution in [0.25, 0.3) is 0 Å². The minimum absolute atomic E-state index is 0.289. The van der Waals surface area contributed by atoms with Crippen molar-refractivity contribution in [3.05, 3.63) is 28.8 Å². The first-order valence-corrected chi connectivity index (χ1v) is 5.32. The van der Waals surface area contributed by atoms with Crippen LogP contribution in [0.2, 0.25) is 5.02 Å². The van der Waals surface area contributed by atoms with E-state index in [2.05, 4.69) is 5.32 Å². The van der Waals surface area contributed by atoms with Crippen molar-refractivity contribution < 1.29 is 14.9 Å². The molecule has 0 saturated heterocycles. The van der Waals surface area contributed by atoms with Crippen molar-refractivity contribution in [2.75, 3.05) is 20.7 Å². The molecule has 2 atom stereocenters. The summed E-state index contributed by atoms with van der Waals surface area (Å²) in [6.07, 6.45) is -1.93. The lowest BCUT2D eigenvalue weighted by molar-refractivity contribution is 0.0189. The van der Waals surface area contributed by atoms with E-state index in [9.17, 15) is 10.2 Å². The number of benzene rings is 1. The number of aliphatic hydroxyl groups excluding tert-OH is 2. The van der Waals surface area contributed by atoms with Gasteiger partial charge in [0, 0.05) is 17.1 Å². The van der Waals surface area contributed by atoms with Crippen molar-refractivity contribution in [3.8, 4) is 5.75 Å². The zero-order valence-electron chi connectivity index (χ0n) is 9.27. The lowest BCUT2D eigenvalue weighted by atomic mass is 10.0. The highest BCUT2D eigenvalue weighted by Crippen LogP contribution is 2.29.